The number of alkyl halides is 1. The Kier molecular flexibility index (Phi) is 2.16. The fourth-order valence-electron chi connectivity index (χ4n) is 2.63. The molecule has 1 aromatic rings. The summed E-state index contributed by atoms with van der Waals surface area (Å²) in [4.78, 5) is 0.828. The van der Waals surface area contributed by atoms with Crippen LogP contribution in [0.5, 0.6) is 0 Å². The van der Waals surface area contributed by atoms with Crippen LogP contribution in [0.1, 0.15) is 5.56 Å². The predicted molar refractivity (Wildman–Crippen MR) is 78.5 cm³/mol. The fourth-order valence-corrected chi connectivity index (χ4v) is 4.44. The maximum atomic E-state index is 6.86. The quantitative estimate of drug-likeness (QED) is 0.523. The van der Waals surface area contributed by atoms with E-state index in [4.69, 9.17) is 11.6 Å². The number of fused-ring (bicyclic) bond motifs is 5. The molecule has 0 spiro atoms. The van der Waals surface area contributed by atoms with Crippen LogP contribution < -0.4 is 4.67 Å². The van der Waals surface area contributed by atoms with Crippen LogP contribution >= 0.6 is 23.4 Å². The molecule has 0 fully saturated rings. The Hall–Kier alpha value is -1.21. The number of halogens is 1. The largest absolute Gasteiger partial charge is 0.327 e. The standard InChI is InChI=1S/C15H10ClNS/c16-15-8-4-3-5-10(15)9-17-13-11-6-1-2-7-12(11)18-14(13)15/h1-9,14H/q+1. The normalized spacial score (nSPS) is 31.8. The smallest absolute Gasteiger partial charge is 0.111 e. The first-order chi connectivity index (χ1) is 8.79. The second-order valence-corrected chi connectivity index (χ2v) is 6.35. The van der Waals surface area contributed by atoms with Gasteiger partial charge in [0.05, 0.1) is 5.56 Å². The molecule has 1 aromatic carbocycles. The molecule has 18 heavy (non-hydrogen) atoms. The summed E-state index contributed by atoms with van der Waals surface area (Å²) >= 11 is 8.68. The Labute approximate surface area is 115 Å². The van der Waals surface area contributed by atoms with Crippen molar-refractivity contribution in [2.45, 2.75) is 15.0 Å². The molecule has 4 rings (SSSR count). The number of hydrogen-bond acceptors (Lipinski definition) is 1. The molecular formula is C15H10ClNS+. The highest BCUT2D eigenvalue weighted by molar-refractivity contribution is 8.01. The molecule has 1 aliphatic carbocycles. The second-order valence-electron chi connectivity index (χ2n) is 4.58. The van der Waals surface area contributed by atoms with E-state index < -0.39 is 4.87 Å². The molecular weight excluding hydrogens is 262 g/mol. The van der Waals surface area contributed by atoms with Crippen LogP contribution in [0.15, 0.2) is 53.5 Å². The Morgan fingerprint density at radius 1 is 1.22 bits per heavy atom. The number of benzene rings is 1. The molecule has 0 bridgehead atoms. The molecule has 0 N–H and O–H groups in total. The van der Waals surface area contributed by atoms with Crippen LogP contribution in [0.25, 0.3) is 0 Å². The van der Waals surface area contributed by atoms with Crippen LogP contribution in [0.4, 0.5) is 0 Å². The molecule has 0 saturated heterocycles. The van der Waals surface area contributed by atoms with E-state index >= 15 is 0 Å². The second kappa shape index (κ2) is 3.64. The summed E-state index contributed by atoms with van der Waals surface area (Å²) in [5.41, 5.74) is 2.33. The molecule has 1 nitrogen and oxygen atoms in total. The summed E-state index contributed by atoms with van der Waals surface area (Å²) < 4.78 is 4.63. The van der Waals surface area contributed by atoms with Crippen LogP contribution in [0.3, 0.4) is 0 Å². The van der Waals surface area contributed by atoms with Gasteiger partial charge in [0.1, 0.15) is 16.0 Å². The van der Waals surface area contributed by atoms with E-state index in [1.165, 1.54) is 10.5 Å². The van der Waals surface area contributed by atoms with E-state index in [0.717, 1.165) is 11.6 Å². The predicted octanol–water partition coefficient (Wildman–Crippen LogP) is 2.78. The van der Waals surface area contributed by atoms with Crippen molar-refractivity contribution in [2.75, 3.05) is 0 Å². The van der Waals surface area contributed by atoms with Crippen LogP contribution in [0, 0.1) is 5.92 Å². The Bertz CT molecular complexity index is 654. The number of allylic oxidation sites excluding steroid dienone is 4. The summed E-state index contributed by atoms with van der Waals surface area (Å²) in [6, 6.07) is 8.39. The van der Waals surface area contributed by atoms with Gasteiger partial charge in [-0.05, 0) is 12.1 Å². The lowest BCUT2D eigenvalue weighted by atomic mass is 9.81. The molecule has 3 aliphatic rings. The SMILES string of the molecule is ClC12C=CC=C[C]1C=[N+]=C1c3ccccc3SC12. The highest BCUT2D eigenvalue weighted by Crippen LogP contribution is 2.49. The van der Waals surface area contributed by atoms with Crippen molar-refractivity contribution in [1.29, 1.82) is 0 Å². The molecule has 3 heteroatoms. The van der Waals surface area contributed by atoms with Crippen LogP contribution in [-0.2, 0) is 0 Å². The van der Waals surface area contributed by atoms with E-state index in [9.17, 15) is 0 Å². The molecule has 0 saturated carbocycles. The molecule has 0 aromatic heterocycles. The summed E-state index contributed by atoms with van der Waals surface area (Å²) in [5, 5.41) is 0.178. The van der Waals surface area contributed by atoms with Gasteiger partial charge in [-0.3, -0.25) is 0 Å². The summed E-state index contributed by atoms with van der Waals surface area (Å²) in [6.45, 7) is 0. The molecule has 2 aliphatic heterocycles. The topological polar surface area (TPSA) is 14.1 Å². The van der Waals surface area contributed by atoms with E-state index in [-0.39, 0.29) is 5.25 Å². The molecule has 1 radical (unpaired) electrons. The third kappa shape index (κ3) is 1.28. The summed E-state index contributed by atoms with van der Waals surface area (Å²) in [7, 11) is 0. The van der Waals surface area contributed by atoms with Gasteiger partial charge in [0, 0.05) is 4.90 Å². The zero-order valence-corrected chi connectivity index (χ0v) is 11.1. The monoisotopic (exact) mass is 271 g/mol. The van der Waals surface area contributed by atoms with Gasteiger partial charge in [-0.1, -0.05) is 41.1 Å². The number of nitrogens with zero attached hydrogens (tertiary/aromatic N) is 1. The van der Waals surface area contributed by atoms with Gasteiger partial charge in [-0.25, -0.2) is 0 Å². The van der Waals surface area contributed by atoms with Gasteiger partial charge < -0.3 is 0 Å². The molecule has 0 amide bonds. The van der Waals surface area contributed by atoms with Crippen LogP contribution in [0.2, 0.25) is 0 Å². The van der Waals surface area contributed by atoms with Crippen molar-refractivity contribution in [3.63, 3.8) is 0 Å². The lowest BCUT2D eigenvalue weighted by molar-refractivity contribution is 0.828. The number of thioether (sulfide) groups is 1. The molecule has 2 heterocycles. The molecule has 87 valence electrons. The number of hydrogen-bond donors (Lipinski definition) is 0. The van der Waals surface area contributed by atoms with E-state index in [1.54, 1.807) is 0 Å². The van der Waals surface area contributed by atoms with Crippen molar-refractivity contribution in [3.8, 4) is 0 Å². The minimum Gasteiger partial charge on any atom is -0.111 e. The van der Waals surface area contributed by atoms with Crippen molar-refractivity contribution in [2.24, 2.45) is 0 Å². The third-order valence-corrected chi connectivity index (χ3v) is 5.68. The van der Waals surface area contributed by atoms with Gasteiger partial charge in [-0.2, -0.15) is 0 Å². The first kappa shape index (κ1) is 10.7. The molecule has 2 unspecified atom stereocenters. The minimum atomic E-state index is -0.449. The third-order valence-electron chi connectivity index (χ3n) is 3.55. The Morgan fingerprint density at radius 3 is 3.06 bits per heavy atom. The van der Waals surface area contributed by atoms with Gasteiger partial charge >= 0.3 is 5.71 Å². The zero-order valence-electron chi connectivity index (χ0n) is 9.51. The van der Waals surface area contributed by atoms with Gasteiger partial charge in [0.15, 0.2) is 0 Å². The summed E-state index contributed by atoms with van der Waals surface area (Å²) in [6.07, 6.45) is 10.1. The van der Waals surface area contributed by atoms with E-state index in [2.05, 4.69) is 41.1 Å². The van der Waals surface area contributed by atoms with Gasteiger partial charge in [0.2, 0.25) is 0 Å². The average Bonchev–Trinajstić information content (AvgIpc) is 2.78. The fraction of sp³-hybridized carbons (Fsp3) is 0.133. The Balaban J connectivity index is 1.93. The lowest BCUT2D eigenvalue weighted by Gasteiger charge is -2.31. The minimum absolute atomic E-state index is 0.178. The van der Waals surface area contributed by atoms with Gasteiger partial charge in [-0.15, -0.1) is 23.4 Å². The maximum Gasteiger partial charge on any atom is 0.327 e. The van der Waals surface area contributed by atoms with Crippen LogP contribution in [-0.4, -0.2) is 22.1 Å². The lowest BCUT2D eigenvalue weighted by Crippen LogP contribution is -2.47. The highest BCUT2D eigenvalue weighted by atomic mass is 35.5. The van der Waals surface area contributed by atoms with Crippen molar-refractivity contribution >= 4 is 35.3 Å². The first-order valence-electron chi connectivity index (χ1n) is 5.88. The van der Waals surface area contributed by atoms with E-state index in [1.807, 2.05) is 30.1 Å². The van der Waals surface area contributed by atoms with E-state index in [0.29, 0.717) is 0 Å². The van der Waals surface area contributed by atoms with Gasteiger partial charge in [0.25, 0.3) is 6.21 Å². The van der Waals surface area contributed by atoms with Crippen molar-refractivity contribution in [1.82, 2.24) is 4.67 Å². The van der Waals surface area contributed by atoms with Crippen molar-refractivity contribution in [3.05, 3.63) is 60.1 Å². The first-order valence-corrected chi connectivity index (χ1v) is 7.14. The van der Waals surface area contributed by atoms with Crippen molar-refractivity contribution < 1.29 is 0 Å². The Morgan fingerprint density at radius 2 is 2.11 bits per heavy atom. The average molecular weight is 272 g/mol. The summed E-state index contributed by atoms with van der Waals surface area (Å²) in [5.74, 6) is 1.08. The maximum absolute atomic E-state index is 6.86. The zero-order chi connectivity index (χ0) is 12.2. The molecule has 2 atom stereocenters. The highest BCUT2D eigenvalue weighted by Gasteiger charge is 2.56. The number of rotatable bonds is 0.